The highest BCUT2D eigenvalue weighted by Gasteiger charge is 2.63. The number of hydrogen-bond donors (Lipinski definition) is 1. The normalized spacial score (nSPS) is 43.2. The number of alkyl halides is 1. The minimum absolute atomic E-state index is 0.0222. The first-order valence-corrected chi connectivity index (χ1v) is 12.8. The highest BCUT2D eigenvalue weighted by atomic mass is 19.1. The molecule has 4 aliphatic carbocycles. The maximum absolute atomic E-state index is 16.5. The van der Waals surface area contributed by atoms with E-state index >= 15 is 4.39 Å². The number of carbonyl (C=O) groups is 1. The third-order valence-electron chi connectivity index (χ3n) is 10.1. The number of Topliss-reactive ketones (excluding diaryl/α,β-unsaturated/α-hetero) is 1. The van der Waals surface area contributed by atoms with Gasteiger partial charge in [0.25, 0.3) is 0 Å². The van der Waals surface area contributed by atoms with Crippen LogP contribution in [0, 0.1) is 52.2 Å². The number of fused-ring (bicyclic) bond motifs is 5. The number of carbonyl (C=O) groups excluding carboxylic acids is 1. The standard InChI is InChI=1S/C28H35F2NO3/c1-26(33)11-12-28(30)18(14-26)3-5-20-21-6-7-23(27(21,2)10-9-22(20)28)24(32)16-34-25-8-4-19(29)13-17(25)15-31/h4,8,13,18,20-23,33H,3,5-7,9-12,14,16H2,1-2H3/t18-,20+,21+,22+,23+,26-,27+,28-/m1/s1. The molecule has 4 saturated carbocycles. The van der Waals surface area contributed by atoms with Crippen LogP contribution in [-0.2, 0) is 4.79 Å². The summed E-state index contributed by atoms with van der Waals surface area (Å²) in [5.74, 6) is 0.202. The Morgan fingerprint density at radius 2 is 1.94 bits per heavy atom. The molecule has 5 rings (SSSR count). The Morgan fingerprint density at radius 1 is 1.15 bits per heavy atom. The average Bonchev–Trinajstić information content (AvgIpc) is 3.15. The molecule has 4 fully saturated rings. The molecule has 1 aromatic carbocycles. The van der Waals surface area contributed by atoms with Crippen LogP contribution in [0.5, 0.6) is 5.75 Å². The molecule has 0 bridgehead atoms. The van der Waals surface area contributed by atoms with Gasteiger partial charge in [-0.25, -0.2) is 8.78 Å². The van der Waals surface area contributed by atoms with E-state index in [4.69, 9.17) is 4.74 Å². The van der Waals surface area contributed by atoms with Gasteiger partial charge in [0.15, 0.2) is 5.78 Å². The van der Waals surface area contributed by atoms with Crippen LogP contribution in [0.4, 0.5) is 8.78 Å². The van der Waals surface area contributed by atoms with Crippen LogP contribution in [-0.4, -0.2) is 28.8 Å². The number of hydrogen-bond acceptors (Lipinski definition) is 4. The summed E-state index contributed by atoms with van der Waals surface area (Å²) < 4.78 is 35.6. The van der Waals surface area contributed by atoms with Crippen LogP contribution < -0.4 is 4.74 Å². The fraction of sp³-hybridized carbons (Fsp3) is 0.714. The molecule has 8 atom stereocenters. The predicted molar refractivity (Wildman–Crippen MR) is 123 cm³/mol. The molecule has 184 valence electrons. The Bertz CT molecular complexity index is 1020. The zero-order valence-corrected chi connectivity index (χ0v) is 20.2. The molecule has 0 saturated heterocycles. The molecule has 0 spiro atoms. The predicted octanol–water partition coefficient (Wildman–Crippen LogP) is 5.76. The van der Waals surface area contributed by atoms with Crippen molar-refractivity contribution in [2.75, 3.05) is 6.61 Å². The number of ketones is 1. The fourth-order valence-corrected chi connectivity index (χ4v) is 8.47. The summed E-state index contributed by atoms with van der Waals surface area (Å²) in [5.41, 5.74) is -2.02. The largest absolute Gasteiger partial charge is 0.484 e. The number of nitriles is 1. The second kappa shape index (κ2) is 8.29. The number of nitrogens with zero attached hydrogens (tertiary/aromatic N) is 1. The van der Waals surface area contributed by atoms with Gasteiger partial charge in [-0.3, -0.25) is 4.79 Å². The Hall–Kier alpha value is -2.00. The molecule has 4 aliphatic rings. The van der Waals surface area contributed by atoms with Gasteiger partial charge in [0, 0.05) is 5.92 Å². The van der Waals surface area contributed by atoms with Crippen molar-refractivity contribution in [1.29, 1.82) is 5.26 Å². The van der Waals surface area contributed by atoms with Crippen LogP contribution in [0.15, 0.2) is 18.2 Å². The molecule has 0 unspecified atom stereocenters. The van der Waals surface area contributed by atoms with Crippen molar-refractivity contribution >= 4 is 5.78 Å². The molecular formula is C28H35F2NO3. The Labute approximate surface area is 200 Å². The highest BCUT2D eigenvalue weighted by Crippen LogP contribution is 2.66. The van der Waals surface area contributed by atoms with E-state index in [1.807, 2.05) is 13.0 Å². The van der Waals surface area contributed by atoms with Gasteiger partial charge in [0.05, 0.1) is 11.2 Å². The Balaban J connectivity index is 1.29. The summed E-state index contributed by atoms with van der Waals surface area (Å²) in [6.07, 6.45) is 6.70. The summed E-state index contributed by atoms with van der Waals surface area (Å²) in [6, 6.07) is 5.65. The first kappa shape index (κ1) is 23.7. The van der Waals surface area contributed by atoms with Crippen LogP contribution in [0.1, 0.15) is 77.2 Å². The molecule has 0 radical (unpaired) electrons. The molecule has 0 heterocycles. The highest BCUT2D eigenvalue weighted by molar-refractivity contribution is 5.83. The van der Waals surface area contributed by atoms with E-state index < -0.39 is 17.1 Å². The van der Waals surface area contributed by atoms with Crippen molar-refractivity contribution in [2.45, 2.75) is 82.9 Å². The van der Waals surface area contributed by atoms with Gasteiger partial charge in [0.2, 0.25) is 0 Å². The van der Waals surface area contributed by atoms with E-state index in [2.05, 4.69) is 6.92 Å². The van der Waals surface area contributed by atoms with Crippen molar-refractivity contribution in [3.63, 3.8) is 0 Å². The van der Waals surface area contributed by atoms with Crippen molar-refractivity contribution < 1.29 is 23.4 Å². The minimum Gasteiger partial charge on any atom is -0.484 e. The molecule has 4 nitrogen and oxygen atoms in total. The molecule has 1 N–H and O–H groups in total. The van der Waals surface area contributed by atoms with Gasteiger partial charge < -0.3 is 9.84 Å². The van der Waals surface area contributed by atoms with E-state index in [-0.39, 0.29) is 46.9 Å². The van der Waals surface area contributed by atoms with Crippen LogP contribution >= 0.6 is 0 Å². The molecular weight excluding hydrogens is 436 g/mol. The fourth-order valence-electron chi connectivity index (χ4n) is 8.47. The van der Waals surface area contributed by atoms with E-state index in [0.29, 0.717) is 31.1 Å². The minimum atomic E-state index is -1.19. The van der Waals surface area contributed by atoms with Gasteiger partial charge in [-0.2, -0.15) is 5.26 Å². The molecule has 1 aromatic rings. The van der Waals surface area contributed by atoms with Gasteiger partial charge in [0.1, 0.15) is 29.9 Å². The van der Waals surface area contributed by atoms with Gasteiger partial charge in [-0.15, -0.1) is 0 Å². The maximum atomic E-state index is 16.5. The van der Waals surface area contributed by atoms with Crippen LogP contribution in [0.2, 0.25) is 0 Å². The third kappa shape index (κ3) is 3.75. The summed E-state index contributed by atoms with van der Waals surface area (Å²) in [7, 11) is 0. The van der Waals surface area contributed by atoms with E-state index in [9.17, 15) is 19.6 Å². The number of ether oxygens (including phenoxy) is 1. The van der Waals surface area contributed by atoms with Crippen LogP contribution in [0.3, 0.4) is 0 Å². The zero-order valence-electron chi connectivity index (χ0n) is 20.2. The second-order valence-corrected chi connectivity index (χ2v) is 12.0. The van der Waals surface area contributed by atoms with Crippen molar-refractivity contribution in [2.24, 2.45) is 35.0 Å². The lowest BCUT2D eigenvalue weighted by Crippen LogP contribution is -2.58. The number of rotatable bonds is 4. The quantitative estimate of drug-likeness (QED) is 0.606. The lowest BCUT2D eigenvalue weighted by molar-refractivity contribution is -0.166. The first-order valence-electron chi connectivity index (χ1n) is 12.8. The van der Waals surface area contributed by atoms with E-state index in [0.717, 1.165) is 44.6 Å². The lowest BCUT2D eigenvalue weighted by Gasteiger charge is -2.59. The molecule has 0 aliphatic heterocycles. The summed E-state index contributed by atoms with van der Waals surface area (Å²) in [4.78, 5) is 13.3. The zero-order chi connectivity index (χ0) is 24.3. The smallest absolute Gasteiger partial charge is 0.173 e. The molecule has 0 aromatic heterocycles. The topological polar surface area (TPSA) is 70.3 Å². The van der Waals surface area contributed by atoms with Crippen molar-refractivity contribution in [3.8, 4) is 11.8 Å². The third-order valence-corrected chi connectivity index (χ3v) is 10.1. The number of aliphatic hydroxyl groups is 1. The Morgan fingerprint density at radius 3 is 2.71 bits per heavy atom. The Kier molecular flexibility index (Phi) is 5.79. The van der Waals surface area contributed by atoms with Crippen LogP contribution in [0.25, 0.3) is 0 Å². The number of benzene rings is 1. The van der Waals surface area contributed by atoms with E-state index in [1.165, 1.54) is 12.1 Å². The second-order valence-electron chi connectivity index (χ2n) is 12.0. The van der Waals surface area contributed by atoms with Gasteiger partial charge >= 0.3 is 0 Å². The molecule has 6 heteroatoms. The molecule has 0 amide bonds. The van der Waals surface area contributed by atoms with E-state index in [1.54, 1.807) is 0 Å². The average molecular weight is 472 g/mol. The summed E-state index contributed by atoms with van der Waals surface area (Å²) in [6.45, 7) is 3.92. The summed E-state index contributed by atoms with van der Waals surface area (Å²) in [5, 5.41) is 19.8. The monoisotopic (exact) mass is 471 g/mol. The SMILES string of the molecule is C[C@@]1(O)CC[C@@]2(F)[C@H](CC[C@H]3[C@@H]4CC[C@@H](C(=O)COc5ccc(F)cc5C#N)[C@@]4(C)CC[C@@H]32)C1. The maximum Gasteiger partial charge on any atom is 0.173 e. The first-order chi connectivity index (χ1) is 16.1. The van der Waals surface area contributed by atoms with Crippen molar-refractivity contribution in [3.05, 3.63) is 29.6 Å². The lowest BCUT2D eigenvalue weighted by atomic mass is 9.48. The number of halogens is 2. The summed E-state index contributed by atoms with van der Waals surface area (Å²) >= 11 is 0. The van der Waals surface area contributed by atoms with Crippen molar-refractivity contribution in [1.82, 2.24) is 0 Å². The molecule has 34 heavy (non-hydrogen) atoms. The van der Waals surface area contributed by atoms with Gasteiger partial charge in [-0.1, -0.05) is 6.92 Å². The van der Waals surface area contributed by atoms with Gasteiger partial charge in [-0.05, 0) is 112 Å².